The normalized spacial score (nSPS) is 25.0. The number of hydrogen-bond donors (Lipinski definition) is 0. The molecule has 2 aliphatic rings. The minimum Gasteiger partial charge on any atom is -0.370 e. The highest BCUT2D eigenvalue weighted by Gasteiger charge is 2.42. The molecule has 0 aromatic heterocycles. The topological polar surface area (TPSA) is 34.3 Å². The Morgan fingerprint density at radius 3 is 1.39 bits per heavy atom. The molecule has 0 amide bonds. The Morgan fingerprint density at radius 1 is 0.739 bits per heavy atom. The molecule has 0 aliphatic carbocycles. The van der Waals surface area contributed by atoms with Gasteiger partial charge in [0.1, 0.15) is 24.4 Å². The molecule has 0 N–H and O–H groups in total. The van der Waals surface area contributed by atoms with Crippen molar-refractivity contribution in [1.82, 2.24) is 0 Å². The molecular weight excluding hydrogens is 335 g/mol. The zero-order valence-electron chi connectivity index (χ0n) is 12.3. The third kappa shape index (κ3) is 3.70. The van der Waals surface area contributed by atoms with Crippen LogP contribution < -0.4 is 0 Å². The Kier molecular flexibility index (Phi) is 4.31. The van der Waals surface area contributed by atoms with E-state index in [2.05, 4.69) is 0 Å². The first-order valence-corrected chi connectivity index (χ1v) is 8.36. The van der Waals surface area contributed by atoms with Crippen LogP contribution >= 0.6 is 23.2 Å². The van der Waals surface area contributed by atoms with Gasteiger partial charge in [-0.1, -0.05) is 47.5 Å². The summed E-state index contributed by atoms with van der Waals surface area (Å²) in [6, 6.07) is 15.5. The summed E-state index contributed by atoms with van der Waals surface area (Å²) >= 11 is 12.0. The van der Waals surface area contributed by atoms with Gasteiger partial charge in [-0.15, -0.1) is 0 Å². The highest BCUT2D eigenvalue weighted by Crippen LogP contribution is 2.40. The average molecular weight is 351 g/mol. The average Bonchev–Trinajstić information content (AvgIpc) is 3.45. The van der Waals surface area contributed by atoms with Gasteiger partial charge in [-0.3, -0.25) is 0 Å². The summed E-state index contributed by atoms with van der Waals surface area (Å²) in [5.41, 5.74) is 2.13. The molecule has 2 fully saturated rings. The first-order chi connectivity index (χ1) is 11.2. The van der Waals surface area contributed by atoms with Crippen molar-refractivity contribution in [2.24, 2.45) is 0 Å². The Hall–Kier alpha value is -1.10. The van der Waals surface area contributed by atoms with Gasteiger partial charge in [-0.25, -0.2) is 0 Å². The van der Waals surface area contributed by atoms with Crippen molar-refractivity contribution in [3.63, 3.8) is 0 Å². The van der Waals surface area contributed by atoms with Gasteiger partial charge in [0.2, 0.25) is 0 Å². The lowest BCUT2D eigenvalue weighted by atomic mass is 10.0. The SMILES string of the molecule is Clc1ccc([C@@H](O[C@@H](c2ccc(Cl)cc2)[C@@H]2CO2)[C@@H]2CO2)cc1. The fourth-order valence-corrected chi connectivity index (χ4v) is 2.94. The van der Waals surface area contributed by atoms with Crippen LogP contribution in [0.3, 0.4) is 0 Å². The van der Waals surface area contributed by atoms with Crippen LogP contribution in [0.25, 0.3) is 0 Å². The van der Waals surface area contributed by atoms with Gasteiger partial charge in [0, 0.05) is 10.0 Å². The summed E-state index contributed by atoms with van der Waals surface area (Å²) in [5.74, 6) is 0. The van der Waals surface area contributed by atoms with Gasteiger partial charge >= 0.3 is 0 Å². The van der Waals surface area contributed by atoms with Gasteiger partial charge in [-0.05, 0) is 35.4 Å². The fraction of sp³-hybridized carbons (Fsp3) is 0.333. The summed E-state index contributed by atoms with van der Waals surface area (Å²) < 4.78 is 17.4. The summed E-state index contributed by atoms with van der Waals surface area (Å²) in [7, 11) is 0. The zero-order valence-corrected chi connectivity index (χ0v) is 13.8. The summed E-state index contributed by atoms with van der Waals surface area (Å²) in [6.45, 7) is 1.43. The largest absolute Gasteiger partial charge is 0.370 e. The quantitative estimate of drug-likeness (QED) is 0.714. The van der Waals surface area contributed by atoms with Crippen LogP contribution in [0.1, 0.15) is 23.3 Å². The molecule has 2 aromatic carbocycles. The van der Waals surface area contributed by atoms with Crippen molar-refractivity contribution in [2.45, 2.75) is 24.4 Å². The molecule has 2 aromatic rings. The van der Waals surface area contributed by atoms with Crippen LogP contribution in [-0.4, -0.2) is 25.4 Å². The van der Waals surface area contributed by atoms with Gasteiger partial charge in [0.15, 0.2) is 0 Å². The van der Waals surface area contributed by atoms with Crippen molar-refractivity contribution in [3.05, 3.63) is 69.7 Å². The van der Waals surface area contributed by atoms with Gasteiger partial charge < -0.3 is 14.2 Å². The summed E-state index contributed by atoms with van der Waals surface area (Å²) in [6.07, 6.45) is -0.0799. The van der Waals surface area contributed by atoms with E-state index >= 15 is 0 Å². The molecule has 4 atom stereocenters. The molecule has 0 saturated carbocycles. The Morgan fingerprint density at radius 2 is 1.09 bits per heavy atom. The van der Waals surface area contributed by atoms with E-state index in [1.54, 1.807) is 0 Å². The minimum absolute atomic E-state index is 0.0877. The highest BCUT2D eigenvalue weighted by atomic mass is 35.5. The third-order valence-electron chi connectivity index (χ3n) is 4.08. The van der Waals surface area contributed by atoms with E-state index in [1.807, 2.05) is 48.5 Å². The van der Waals surface area contributed by atoms with Crippen LogP contribution in [0, 0.1) is 0 Å². The number of ether oxygens (including phenoxy) is 3. The van der Waals surface area contributed by atoms with Crippen LogP contribution in [-0.2, 0) is 14.2 Å². The number of halogens is 2. The molecule has 5 heteroatoms. The van der Waals surface area contributed by atoms with E-state index in [1.165, 1.54) is 0 Å². The van der Waals surface area contributed by atoms with E-state index in [4.69, 9.17) is 37.4 Å². The smallest absolute Gasteiger partial charge is 0.112 e. The van der Waals surface area contributed by atoms with E-state index in [0.717, 1.165) is 11.1 Å². The fourth-order valence-electron chi connectivity index (χ4n) is 2.69. The highest BCUT2D eigenvalue weighted by molar-refractivity contribution is 6.30. The number of rotatable bonds is 6. The van der Waals surface area contributed by atoms with Gasteiger partial charge in [0.25, 0.3) is 0 Å². The maximum atomic E-state index is 6.41. The van der Waals surface area contributed by atoms with Gasteiger partial charge in [0.05, 0.1) is 13.2 Å². The van der Waals surface area contributed by atoms with Crippen LogP contribution in [0.15, 0.2) is 48.5 Å². The predicted molar refractivity (Wildman–Crippen MR) is 89.0 cm³/mol. The Bertz CT molecular complexity index is 604. The molecular formula is C18H16Cl2O3. The maximum absolute atomic E-state index is 6.41. The Balaban J connectivity index is 1.58. The van der Waals surface area contributed by atoms with Crippen LogP contribution in [0.4, 0.5) is 0 Å². The first kappa shape index (κ1) is 15.4. The minimum atomic E-state index is -0.128. The molecule has 23 heavy (non-hydrogen) atoms. The molecule has 2 heterocycles. The molecule has 3 nitrogen and oxygen atoms in total. The monoisotopic (exact) mass is 350 g/mol. The van der Waals surface area contributed by atoms with E-state index in [-0.39, 0.29) is 24.4 Å². The second-order valence-electron chi connectivity index (χ2n) is 5.82. The molecule has 4 rings (SSSR count). The zero-order chi connectivity index (χ0) is 15.8. The van der Waals surface area contributed by atoms with E-state index < -0.39 is 0 Å². The second kappa shape index (κ2) is 6.42. The molecule has 2 saturated heterocycles. The number of benzene rings is 2. The third-order valence-corrected chi connectivity index (χ3v) is 4.59. The van der Waals surface area contributed by atoms with E-state index in [9.17, 15) is 0 Å². The van der Waals surface area contributed by atoms with Gasteiger partial charge in [-0.2, -0.15) is 0 Å². The lowest BCUT2D eigenvalue weighted by Crippen LogP contribution is -2.19. The molecule has 0 spiro atoms. The molecule has 2 aliphatic heterocycles. The van der Waals surface area contributed by atoms with Crippen molar-refractivity contribution < 1.29 is 14.2 Å². The van der Waals surface area contributed by atoms with Crippen molar-refractivity contribution >= 4 is 23.2 Å². The van der Waals surface area contributed by atoms with Crippen molar-refractivity contribution in [1.29, 1.82) is 0 Å². The van der Waals surface area contributed by atoms with Crippen molar-refractivity contribution in [3.8, 4) is 0 Å². The number of epoxide rings is 2. The molecule has 120 valence electrons. The van der Waals surface area contributed by atoms with E-state index in [0.29, 0.717) is 23.3 Å². The molecule has 0 bridgehead atoms. The van der Waals surface area contributed by atoms with Crippen LogP contribution in [0.5, 0.6) is 0 Å². The Labute approximate surface area is 145 Å². The lowest BCUT2D eigenvalue weighted by Gasteiger charge is -2.24. The molecule has 0 unspecified atom stereocenters. The summed E-state index contributed by atoms with van der Waals surface area (Å²) in [4.78, 5) is 0. The van der Waals surface area contributed by atoms with Crippen molar-refractivity contribution in [2.75, 3.05) is 13.2 Å². The predicted octanol–water partition coefficient (Wildman–Crippen LogP) is 4.59. The first-order valence-electron chi connectivity index (χ1n) is 7.60. The van der Waals surface area contributed by atoms with Crippen LogP contribution in [0.2, 0.25) is 10.0 Å². The lowest BCUT2D eigenvalue weighted by molar-refractivity contribution is -0.0419. The maximum Gasteiger partial charge on any atom is 0.112 e. The molecule has 0 radical (unpaired) electrons. The standard InChI is InChI=1S/C18H16Cl2O3/c19-13-5-1-11(2-6-13)17(15-9-21-15)23-18(16-10-22-16)12-3-7-14(20)8-4-12/h1-8,15-18H,9-10H2/t15-,16-,17-,18+/m0/s1. The second-order valence-corrected chi connectivity index (χ2v) is 6.70. The summed E-state index contributed by atoms with van der Waals surface area (Å²) in [5, 5.41) is 1.42. The number of hydrogen-bond acceptors (Lipinski definition) is 3.